The van der Waals surface area contributed by atoms with E-state index in [4.69, 9.17) is 5.21 Å². The van der Waals surface area contributed by atoms with Crippen LogP contribution in [0.25, 0.3) is 0 Å². The molecular formula is C9H14N2O. The number of hydrogen-bond acceptors (Lipinski definition) is 3. The Hall–Kier alpha value is -1.09. The van der Waals surface area contributed by atoms with Gasteiger partial charge in [0.25, 0.3) is 0 Å². The Balaban J connectivity index is 2.71. The highest BCUT2D eigenvalue weighted by Crippen LogP contribution is 2.09. The molecule has 1 aromatic heterocycles. The van der Waals surface area contributed by atoms with Crippen LogP contribution in [-0.2, 0) is 6.42 Å². The van der Waals surface area contributed by atoms with Gasteiger partial charge in [-0.05, 0) is 18.6 Å². The fourth-order valence-corrected chi connectivity index (χ4v) is 1.01. The van der Waals surface area contributed by atoms with E-state index in [2.05, 4.69) is 11.9 Å². The van der Waals surface area contributed by atoms with Gasteiger partial charge in [-0.15, -0.1) is 0 Å². The molecule has 0 atom stereocenters. The van der Waals surface area contributed by atoms with Crippen molar-refractivity contribution < 1.29 is 5.21 Å². The summed E-state index contributed by atoms with van der Waals surface area (Å²) in [7, 11) is 1.58. The number of pyridine rings is 1. The first-order chi connectivity index (χ1) is 5.74. The molecule has 3 heteroatoms. The molecule has 0 spiro atoms. The van der Waals surface area contributed by atoms with Crippen LogP contribution in [0, 0.1) is 0 Å². The van der Waals surface area contributed by atoms with Gasteiger partial charge in [0, 0.05) is 12.7 Å². The summed E-state index contributed by atoms with van der Waals surface area (Å²) in [5.41, 5.74) is 1.79. The topological polar surface area (TPSA) is 36.4 Å². The van der Waals surface area contributed by atoms with E-state index in [9.17, 15) is 0 Å². The summed E-state index contributed by atoms with van der Waals surface area (Å²) in [6, 6.07) is 3.80. The molecule has 0 unspecified atom stereocenters. The maximum absolute atomic E-state index is 9.04. The van der Waals surface area contributed by atoms with E-state index in [-0.39, 0.29) is 0 Å². The van der Waals surface area contributed by atoms with Crippen molar-refractivity contribution in [3.05, 3.63) is 24.0 Å². The SMILES string of the molecule is CCCc1ccc(N(C)O)cn1. The molecule has 66 valence electrons. The predicted molar refractivity (Wildman–Crippen MR) is 48.4 cm³/mol. The fourth-order valence-electron chi connectivity index (χ4n) is 1.01. The van der Waals surface area contributed by atoms with Gasteiger partial charge in [-0.2, -0.15) is 0 Å². The molecule has 1 aromatic rings. The van der Waals surface area contributed by atoms with Gasteiger partial charge in [0.05, 0.1) is 11.9 Å². The van der Waals surface area contributed by atoms with E-state index >= 15 is 0 Å². The van der Waals surface area contributed by atoms with E-state index in [1.54, 1.807) is 13.2 Å². The Bertz CT molecular complexity index is 231. The lowest BCUT2D eigenvalue weighted by atomic mass is 10.2. The smallest absolute Gasteiger partial charge is 0.0814 e. The molecule has 0 aromatic carbocycles. The van der Waals surface area contributed by atoms with Crippen molar-refractivity contribution in [1.29, 1.82) is 0 Å². The summed E-state index contributed by atoms with van der Waals surface area (Å²) in [6.45, 7) is 2.12. The molecule has 0 saturated carbocycles. The molecule has 12 heavy (non-hydrogen) atoms. The van der Waals surface area contributed by atoms with Crippen LogP contribution in [0.1, 0.15) is 19.0 Å². The lowest BCUT2D eigenvalue weighted by Crippen LogP contribution is -2.10. The number of aryl methyl sites for hydroxylation is 1. The molecule has 0 saturated heterocycles. The van der Waals surface area contributed by atoms with Crippen LogP contribution in [0.2, 0.25) is 0 Å². The first-order valence-corrected chi connectivity index (χ1v) is 4.11. The molecule has 0 radical (unpaired) electrons. The first kappa shape index (κ1) is 9.00. The maximum atomic E-state index is 9.04. The Morgan fingerprint density at radius 3 is 2.67 bits per heavy atom. The van der Waals surface area contributed by atoms with Crippen molar-refractivity contribution in [1.82, 2.24) is 4.98 Å². The normalized spacial score (nSPS) is 9.92. The molecule has 0 aliphatic carbocycles. The Morgan fingerprint density at radius 2 is 2.25 bits per heavy atom. The summed E-state index contributed by atoms with van der Waals surface area (Å²) >= 11 is 0. The molecule has 0 bridgehead atoms. The highest BCUT2D eigenvalue weighted by Gasteiger charge is 1.96. The van der Waals surface area contributed by atoms with Crippen molar-refractivity contribution >= 4 is 5.69 Å². The van der Waals surface area contributed by atoms with Crippen LogP contribution in [0.15, 0.2) is 18.3 Å². The van der Waals surface area contributed by atoms with Gasteiger partial charge < -0.3 is 0 Å². The largest absolute Gasteiger partial charge is 0.289 e. The average Bonchev–Trinajstić information content (AvgIpc) is 2.06. The van der Waals surface area contributed by atoms with Crippen LogP contribution in [0.4, 0.5) is 5.69 Å². The molecule has 3 nitrogen and oxygen atoms in total. The van der Waals surface area contributed by atoms with Crippen molar-refractivity contribution in [2.75, 3.05) is 12.1 Å². The third-order valence-electron chi connectivity index (χ3n) is 1.69. The predicted octanol–water partition coefficient (Wildman–Crippen LogP) is 1.86. The van der Waals surface area contributed by atoms with E-state index in [1.165, 1.54) is 0 Å². The summed E-state index contributed by atoms with van der Waals surface area (Å²) in [5, 5.41) is 10.1. The quantitative estimate of drug-likeness (QED) is 0.696. The van der Waals surface area contributed by atoms with E-state index in [0.717, 1.165) is 29.3 Å². The van der Waals surface area contributed by atoms with Crippen LogP contribution < -0.4 is 5.06 Å². The van der Waals surface area contributed by atoms with Crippen LogP contribution >= 0.6 is 0 Å². The summed E-state index contributed by atoms with van der Waals surface area (Å²) in [4.78, 5) is 4.19. The third kappa shape index (κ3) is 2.20. The highest BCUT2D eigenvalue weighted by atomic mass is 16.5. The first-order valence-electron chi connectivity index (χ1n) is 4.11. The lowest BCUT2D eigenvalue weighted by molar-refractivity contribution is 0.279. The molecular weight excluding hydrogens is 152 g/mol. The van der Waals surface area contributed by atoms with Gasteiger partial charge in [-0.1, -0.05) is 13.3 Å². The van der Waals surface area contributed by atoms with Crippen molar-refractivity contribution in [3.8, 4) is 0 Å². The number of rotatable bonds is 3. The van der Waals surface area contributed by atoms with Crippen molar-refractivity contribution in [2.24, 2.45) is 0 Å². The van der Waals surface area contributed by atoms with Crippen LogP contribution in [0.3, 0.4) is 0 Å². The molecule has 0 amide bonds. The average molecular weight is 166 g/mol. The van der Waals surface area contributed by atoms with Crippen molar-refractivity contribution in [2.45, 2.75) is 19.8 Å². The minimum atomic E-state index is 0.717. The molecule has 0 fully saturated rings. The standard InChI is InChI=1S/C9H14N2O/c1-3-4-8-5-6-9(7-10-8)11(2)12/h5-7,12H,3-4H2,1-2H3. The molecule has 0 aliphatic rings. The van der Waals surface area contributed by atoms with Gasteiger partial charge in [-0.25, -0.2) is 0 Å². The number of aromatic nitrogens is 1. The third-order valence-corrected chi connectivity index (χ3v) is 1.69. The number of nitrogens with zero attached hydrogens (tertiary/aromatic N) is 2. The molecule has 0 aliphatic heterocycles. The summed E-state index contributed by atoms with van der Waals surface area (Å²) < 4.78 is 0. The van der Waals surface area contributed by atoms with Gasteiger partial charge in [0.15, 0.2) is 0 Å². The van der Waals surface area contributed by atoms with E-state index in [1.807, 2.05) is 12.1 Å². The zero-order valence-corrected chi connectivity index (χ0v) is 7.49. The minimum absolute atomic E-state index is 0.717. The monoisotopic (exact) mass is 166 g/mol. The molecule has 1 rings (SSSR count). The molecule has 1 heterocycles. The van der Waals surface area contributed by atoms with Gasteiger partial charge in [-0.3, -0.25) is 15.3 Å². The minimum Gasteiger partial charge on any atom is -0.289 e. The van der Waals surface area contributed by atoms with Crippen LogP contribution in [-0.4, -0.2) is 17.2 Å². The number of hydrogen-bond donors (Lipinski definition) is 1. The van der Waals surface area contributed by atoms with Gasteiger partial charge in [0.1, 0.15) is 0 Å². The van der Waals surface area contributed by atoms with Crippen LogP contribution in [0.5, 0.6) is 0 Å². The van der Waals surface area contributed by atoms with E-state index < -0.39 is 0 Å². The zero-order chi connectivity index (χ0) is 8.97. The second-order valence-electron chi connectivity index (χ2n) is 2.78. The highest BCUT2D eigenvalue weighted by molar-refractivity contribution is 5.40. The maximum Gasteiger partial charge on any atom is 0.0814 e. The number of hydroxylamine groups is 1. The zero-order valence-electron chi connectivity index (χ0n) is 7.49. The van der Waals surface area contributed by atoms with Gasteiger partial charge in [0.2, 0.25) is 0 Å². The molecule has 1 N–H and O–H groups in total. The fraction of sp³-hybridized carbons (Fsp3) is 0.444. The second-order valence-corrected chi connectivity index (χ2v) is 2.78. The Morgan fingerprint density at radius 1 is 1.50 bits per heavy atom. The van der Waals surface area contributed by atoms with E-state index in [0.29, 0.717) is 0 Å². The Kier molecular flexibility index (Phi) is 3.05. The Labute approximate surface area is 72.6 Å². The van der Waals surface area contributed by atoms with Gasteiger partial charge >= 0.3 is 0 Å². The van der Waals surface area contributed by atoms with Crippen molar-refractivity contribution in [3.63, 3.8) is 0 Å². The lowest BCUT2D eigenvalue weighted by Gasteiger charge is -2.09. The summed E-state index contributed by atoms with van der Waals surface area (Å²) in [6.07, 6.45) is 3.77. The summed E-state index contributed by atoms with van der Waals surface area (Å²) in [5.74, 6) is 0. The number of anilines is 1. The second kappa shape index (κ2) is 4.07.